The van der Waals surface area contributed by atoms with Crippen LogP contribution in [0.15, 0.2) is 29.4 Å². The Labute approximate surface area is 105 Å². The first-order chi connectivity index (χ1) is 8.11. The average Bonchev–Trinajstić information content (AvgIpc) is 2.26. The van der Waals surface area contributed by atoms with Crippen LogP contribution in [0.1, 0.15) is 23.2 Å². The normalized spacial score (nSPS) is 24.2. The van der Waals surface area contributed by atoms with Gasteiger partial charge in [0, 0.05) is 22.4 Å². The SMILES string of the molecule is N/N=C(\N)C1CC(C(=O)c2cccc(Cl)c2)C1. The van der Waals surface area contributed by atoms with E-state index in [9.17, 15) is 4.79 Å². The summed E-state index contributed by atoms with van der Waals surface area (Å²) in [5.41, 5.74) is 6.25. The molecule has 0 radical (unpaired) electrons. The molecule has 0 spiro atoms. The minimum absolute atomic E-state index is 0.0127. The molecule has 0 atom stereocenters. The third-order valence-electron chi connectivity index (χ3n) is 3.19. The van der Waals surface area contributed by atoms with Crippen LogP contribution in [0.4, 0.5) is 0 Å². The Morgan fingerprint density at radius 3 is 2.65 bits per heavy atom. The molecule has 0 unspecified atom stereocenters. The zero-order valence-electron chi connectivity index (χ0n) is 9.27. The minimum atomic E-state index is 0.0127. The highest BCUT2D eigenvalue weighted by Crippen LogP contribution is 2.36. The standard InChI is InChI=1S/C12H14ClN3O/c13-10-3-1-2-7(6-10)11(17)8-4-9(5-8)12(14)16-15/h1-3,6,8-9H,4-5,15H2,(H2,14,16). The molecule has 0 amide bonds. The van der Waals surface area contributed by atoms with Crippen molar-refractivity contribution in [2.45, 2.75) is 12.8 Å². The van der Waals surface area contributed by atoms with Gasteiger partial charge in [-0.3, -0.25) is 4.79 Å². The highest BCUT2D eigenvalue weighted by Gasteiger charge is 2.36. The molecule has 17 heavy (non-hydrogen) atoms. The number of hydrogen-bond acceptors (Lipinski definition) is 3. The molecular weight excluding hydrogens is 238 g/mol. The number of carbonyl (C=O) groups is 1. The number of benzene rings is 1. The molecule has 1 aliphatic carbocycles. The number of carbonyl (C=O) groups excluding carboxylic acids is 1. The van der Waals surface area contributed by atoms with Gasteiger partial charge >= 0.3 is 0 Å². The first-order valence-electron chi connectivity index (χ1n) is 5.45. The molecule has 2 rings (SSSR count). The third kappa shape index (κ3) is 2.42. The van der Waals surface area contributed by atoms with E-state index in [0.29, 0.717) is 16.4 Å². The molecule has 90 valence electrons. The molecule has 1 aliphatic rings. The predicted molar refractivity (Wildman–Crippen MR) is 67.8 cm³/mol. The Morgan fingerprint density at radius 2 is 2.06 bits per heavy atom. The van der Waals surface area contributed by atoms with Crippen LogP contribution >= 0.6 is 11.6 Å². The lowest BCUT2D eigenvalue weighted by molar-refractivity contribution is 0.0823. The molecular formula is C12H14ClN3O. The number of rotatable bonds is 3. The molecule has 4 N–H and O–H groups in total. The summed E-state index contributed by atoms with van der Waals surface area (Å²) in [6.45, 7) is 0. The van der Waals surface area contributed by atoms with Gasteiger partial charge in [0.2, 0.25) is 0 Å². The van der Waals surface area contributed by atoms with Gasteiger partial charge in [0.05, 0.1) is 0 Å². The monoisotopic (exact) mass is 251 g/mol. The van der Waals surface area contributed by atoms with Gasteiger partial charge in [0.25, 0.3) is 0 Å². The number of hydrogen-bond donors (Lipinski definition) is 2. The molecule has 0 aliphatic heterocycles. The summed E-state index contributed by atoms with van der Waals surface area (Å²) in [6, 6.07) is 7.00. The fourth-order valence-electron chi connectivity index (χ4n) is 2.06. The van der Waals surface area contributed by atoms with Crippen LogP contribution in [0.3, 0.4) is 0 Å². The van der Waals surface area contributed by atoms with Crippen LogP contribution < -0.4 is 11.6 Å². The van der Waals surface area contributed by atoms with Crippen molar-refractivity contribution in [2.75, 3.05) is 0 Å². The molecule has 1 fully saturated rings. The topological polar surface area (TPSA) is 81.5 Å². The lowest BCUT2D eigenvalue weighted by Crippen LogP contribution is -2.39. The highest BCUT2D eigenvalue weighted by molar-refractivity contribution is 6.31. The summed E-state index contributed by atoms with van der Waals surface area (Å²) >= 11 is 5.85. The quantitative estimate of drug-likeness (QED) is 0.282. The van der Waals surface area contributed by atoms with Gasteiger partial charge in [0.15, 0.2) is 5.78 Å². The largest absolute Gasteiger partial charge is 0.386 e. The van der Waals surface area contributed by atoms with Crippen LogP contribution in [-0.4, -0.2) is 11.6 Å². The smallest absolute Gasteiger partial charge is 0.166 e. The van der Waals surface area contributed by atoms with Gasteiger partial charge in [-0.25, -0.2) is 0 Å². The second-order valence-corrected chi connectivity index (χ2v) is 4.73. The van der Waals surface area contributed by atoms with Crippen LogP contribution in [0.5, 0.6) is 0 Å². The van der Waals surface area contributed by atoms with Crippen molar-refractivity contribution in [1.29, 1.82) is 0 Å². The molecule has 0 aromatic heterocycles. The van der Waals surface area contributed by atoms with E-state index in [1.54, 1.807) is 24.3 Å². The lowest BCUT2D eigenvalue weighted by atomic mass is 9.71. The first-order valence-corrected chi connectivity index (χ1v) is 5.82. The van der Waals surface area contributed by atoms with Crippen molar-refractivity contribution in [3.8, 4) is 0 Å². The van der Waals surface area contributed by atoms with Crippen molar-refractivity contribution >= 4 is 23.2 Å². The summed E-state index contributed by atoms with van der Waals surface area (Å²) in [5.74, 6) is 5.80. The second kappa shape index (κ2) is 4.75. The maximum Gasteiger partial charge on any atom is 0.166 e. The van der Waals surface area contributed by atoms with Crippen LogP contribution in [0.25, 0.3) is 0 Å². The number of hydrazone groups is 1. The van der Waals surface area contributed by atoms with E-state index in [4.69, 9.17) is 23.2 Å². The third-order valence-corrected chi connectivity index (χ3v) is 3.42. The highest BCUT2D eigenvalue weighted by atomic mass is 35.5. The summed E-state index contributed by atoms with van der Waals surface area (Å²) in [6.07, 6.45) is 1.44. The van der Waals surface area contributed by atoms with Crippen molar-refractivity contribution < 1.29 is 4.79 Å². The number of nitrogens with zero attached hydrogens (tertiary/aromatic N) is 1. The molecule has 1 aromatic rings. The summed E-state index contributed by atoms with van der Waals surface area (Å²) in [5, 5.41) is 4.03. The van der Waals surface area contributed by atoms with Crippen LogP contribution in [0.2, 0.25) is 5.02 Å². The molecule has 1 saturated carbocycles. The minimum Gasteiger partial charge on any atom is -0.386 e. The molecule has 0 bridgehead atoms. The van der Waals surface area contributed by atoms with E-state index in [2.05, 4.69) is 5.10 Å². The second-order valence-electron chi connectivity index (χ2n) is 4.29. The number of Topliss-reactive ketones (excluding diaryl/α,β-unsaturated/α-hetero) is 1. The van der Waals surface area contributed by atoms with E-state index in [0.717, 1.165) is 12.8 Å². The van der Waals surface area contributed by atoms with Crippen molar-refractivity contribution in [3.63, 3.8) is 0 Å². The van der Waals surface area contributed by atoms with Crippen LogP contribution in [0, 0.1) is 11.8 Å². The van der Waals surface area contributed by atoms with Gasteiger partial charge < -0.3 is 11.6 Å². The molecule has 0 heterocycles. The Hall–Kier alpha value is -1.55. The fraction of sp³-hybridized carbons (Fsp3) is 0.333. The van der Waals surface area contributed by atoms with Crippen molar-refractivity contribution in [2.24, 2.45) is 28.5 Å². The first kappa shape index (κ1) is 11.9. The maximum atomic E-state index is 12.1. The number of halogens is 1. The zero-order chi connectivity index (χ0) is 12.4. The molecule has 4 nitrogen and oxygen atoms in total. The summed E-state index contributed by atoms with van der Waals surface area (Å²) in [4.78, 5) is 12.1. The summed E-state index contributed by atoms with van der Waals surface area (Å²) < 4.78 is 0. The van der Waals surface area contributed by atoms with Crippen molar-refractivity contribution in [3.05, 3.63) is 34.9 Å². The Morgan fingerprint density at radius 1 is 1.35 bits per heavy atom. The maximum absolute atomic E-state index is 12.1. The van der Waals surface area contributed by atoms with Gasteiger partial charge in [0.1, 0.15) is 5.84 Å². The zero-order valence-corrected chi connectivity index (χ0v) is 10.0. The molecule has 5 heteroatoms. The van der Waals surface area contributed by atoms with Gasteiger partial charge in [-0.05, 0) is 25.0 Å². The number of nitrogens with two attached hydrogens (primary N) is 2. The number of amidine groups is 1. The van der Waals surface area contributed by atoms with Gasteiger partial charge in [-0.15, -0.1) is 0 Å². The average molecular weight is 252 g/mol. The Balaban J connectivity index is 2.00. The van der Waals surface area contributed by atoms with E-state index in [1.165, 1.54) is 0 Å². The van der Waals surface area contributed by atoms with E-state index >= 15 is 0 Å². The summed E-state index contributed by atoms with van der Waals surface area (Å²) in [7, 11) is 0. The van der Waals surface area contributed by atoms with Gasteiger partial charge in [-0.2, -0.15) is 5.10 Å². The molecule has 0 saturated heterocycles. The Kier molecular flexibility index (Phi) is 3.33. The van der Waals surface area contributed by atoms with E-state index in [1.807, 2.05) is 0 Å². The molecule has 1 aromatic carbocycles. The lowest BCUT2D eigenvalue weighted by Gasteiger charge is -2.33. The van der Waals surface area contributed by atoms with Gasteiger partial charge in [-0.1, -0.05) is 23.7 Å². The van der Waals surface area contributed by atoms with Crippen LogP contribution in [-0.2, 0) is 0 Å². The van der Waals surface area contributed by atoms with Crippen molar-refractivity contribution in [1.82, 2.24) is 0 Å². The number of ketones is 1. The van der Waals surface area contributed by atoms with E-state index < -0.39 is 0 Å². The van der Waals surface area contributed by atoms with E-state index in [-0.39, 0.29) is 17.6 Å². The fourth-order valence-corrected chi connectivity index (χ4v) is 2.25. The predicted octanol–water partition coefficient (Wildman–Crippen LogP) is 1.78. The Bertz CT molecular complexity index is 467.